The molecule has 2 unspecified atom stereocenters. The van der Waals surface area contributed by atoms with E-state index in [1.54, 1.807) is 13.0 Å². The molecule has 1 heterocycles. The van der Waals surface area contributed by atoms with Gasteiger partial charge < -0.3 is 15.0 Å². The molecule has 1 aromatic rings. The fourth-order valence-electron chi connectivity index (χ4n) is 2.49. The number of halogens is 1. The van der Waals surface area contributed by atoms with Gasteiger partial charge in [0.05, 0.1) is 12.2 Å². The highest BCUT2D eigenvalue weighted by molar-refractivity contribution is 9.10. The Balaban J connectivity index is 2.05. The molecule has 1 saturated heterocycles. The maximum Gasteiger partial charge on any atom is 0.338 e. The molecule has 1 aliphatic rings. The molecule has 1 aromatic carbocycles. The zero-order chi connectivity index (χ0) is 14.7. The molecular formula is C15H21BrN2O2. The number of rotatable bonds is 4. The van der Waals surface area contributed by atoms with Gasteiger partial charge in [0.25, 0.3) is 0 Å². The molecule has 20 heavy (non-hydrogen) atoms. The van der Waals surface area contributed by atoms with Crippen molar-refractivity contribution in [2.45, 2.75) is 32.4 Å². The lowest BCUT2D eigenvalue weighted by Gasteiger charge is -2.16. The van der Waals surface area contributed by atoms with Gasteiger partial charge >= 0.3 is 5.97 Å². The predicted octanol–water partition coefficient (Wildman–Crippen LogP) is 3.13. The van der Waals surface area contributed by atoms with Crippen LogP contribution in [-0.2, 0) is 4.74 Å². The van der Waals surface area contributed by atoms with E-state index in [2.05, 4.69) is 40.1 Å². The molecule has 4 nitrogen and oxygen atoms in total. The molecule has 110 valence electrons. The van der Waals surface area contributed by atoms with Gasteiger partial charge in [-0.15, -0.1) is 0 Å². The van der Waals surface area contributed by atoms with Crippen molar-refractivity contribution in [2.75, 3.05) is 25.5 Å². The minimum atomic E-state index is -0.283. The Morgan fingerprint density at radius 3 is 2.85 bits per heavy atom. The van der Waals surface area contributed by atoms with E-state index in [1.165, 1.54) is 0 Å². The van der Waals surface area contributed by atoms with Crippen LogP contribution in [0.4, 0.5) is 5.69 Å². The molecule has 0 aromatic heterocycles. The van der Waals surface area contributed by atoms with E-state index in [1.807, 2.05) is 12.1 Å². The van der Waals surface area contributed by atoms with E-state index < -0.39 is 0 Å². The van der Waals surface area contributed by atoms with Crippen LogP contribution in [0, 0.1) is 0 Å². The zero-order valence-electron chi connectivity index (χ0n) is 12.1. The summed E-state index contributed by atoms with van der Waals surface area (Å²) < 4.78 is 5.89. The van der Waals surface area contributed by atoms with Crippen molar-refractivity contribution in [2.24, 2.45) is 0 Å². The average molecular weight is 341 g/mol. The van der Waals surface area contributed by atoms with Gasteiger partial charge in [-0.1, -0.05) is 0 Å². The number of anilines is 1. The van der Waals surface area contributed by atoms with Gasteiger partial charge in [-0.3, -0.25) is 0 Å². The highest BCUT2D eigenvalue weighted by Gasteiger charge is 2.26. The summed E-state index contributed by atoms with van der Waals surface area (Å²) in [5.41, 5.74) is 1.59. The predicted molar refractivity (Wildman–Crippen MR) is 84.2 cm³/mol. The van der Waals surface area contributed by atoms with E-state index in [9.17, 15) is 4.79 Å². The maximum absolute atomic E-state index is 11.7. The van der Waals surface area contributed by atoms with Crippen molar-refractivity contribution in [1.82, 2.24) is 4.90 Å². The number of nitrogens with zero attached hydrogens (tertiary/aromatic N) is 1. The molecule has 0 bridgehead atoms. The van der Waals surface area contributed by atoms with Gasteiger partial charge in [0.15, 0.2) is 0 Å². The minimum Gasteiger partial charge on any atom is -0.462 e. The normalized spacial score (nSPS) is 22.8. The fourth-order valence-corrected chi connectivity index (χ4v) is 2.99. The fraction of sp³-hybridized carbons (Fsp3) is 0.533. The van der Waals surface area contributed by atoms with Gasteiger partial charge in [-0.25, -0.2) is 4.79 Å². The van der Waals surface area contributed by atoms with Gasteiger partial charge in [-0.2, -0.15) is 0 Å². The summed E-state index contributed by atoms with van der Waals surface area (Å²) in [6.45, 7) is 5.47. The summed E-state index contributed by atoms with van der Waals surface area (Å²) in [6.07, 6.45) is 1.13. The topological polar surface area (TPSA) is 41.6 Å². The van der Waals surface area contributed by atoms with Crippen LogP contribution < -0.4 is 5.32 Å². The maximum atomic E-state index is 11.7. The first-order chi connectivity index (χ1) is 9.51. The standard InChI is InChI=1S/C15H21BrN2O2/c1-4-20-15(19)11-5-6-14(13(16)8-11)17-12-7-10(2)18(3)9-12/h5-6,8,10,12,17H,4,7,9H2,1-3H3. The first kappa shape index (κ1) is 15.3. The van der Waals surface area contributed by atoms with Crippen molar-refractivity contribution in [3.05, 3.63) is 28.2 Å². The molecule has 0 radical (unpaired) electrons. The second-order valence-corrected chi connectivity index (χ2v) is 6.13. The summed E-state index contributed by atoms with van der Waals surface area (Å²) in [5, 5.41) is 3.53. The number of benzene rings is 1. The summed E-state index contributed by atoms with van der Waals surface area (Å²) >= 11 is 3.52. The van der Waals surface area contributed by atoms with E-state index >= 15 is 0 Å². The molecule has 2 atom stereocenters. The molecule has 5 heteroatoms. The van der Waals surface area contributed by atoms with E-state index in [4.69, 9.17) is 4.74 Å². The molecular weight excluding hydrogens is 320 g/mol. The van der Waals surface area contributed by atoms with Crippen molar-refractivity contribution >= 4 is 27.6 Å². The van der Waals surface area contributed by atoms with Gasteiger partial charge in [0.1, 0.15) is 0 Å². The highest BCUT2D eigenvalue weighted by atomic mass is 79.9. The van der Waals surface area contributed by atoms with Crippen LogP contribution in [0.5, 0.6) is 0 Å². The first-order valence-corrected chi connectivity index (χ1v) is 7.74. The molecule has 1 aliphatic heterocycles. The van der Waals surface area contributed by atoms with E-state index in [-0.39, 0.29) is 5.97 Å². The lowest BCUT2D eigenvalue weighted by Crippen LogP contribution is -2.25. The van der Waals surface area contributed by atoms with Crippen LogP contribution in [-0.4, -0.2) is 43.2 Å². The summed E-state index contributed by atoms with van der Waals surface area (Å²) in [5.74, 6) is -0.283. The van der Waals surface area contributed by atoms with Crippen LogP contribution in [0.3, 0.4) is 0 Å². The van der Waals surface area contributed by atoms with Crippen LogP contribution in [0.25, 0.3) is 0 Å². The van der Waals surface area contributed by atoms with Crippen molar-refractivity contribution in [1.29, 1.82) is 0 Å². The second kappa shape index (κ2) is 6.59. The molecule has 0 spiro atoms. The Hall–Kier alpha value is -1.07. The minimum absolute atomic E-state index is 0.283. The lowest BCUT2D eigenvalue weighted by molar-refractivity contribution is 0.0526. The summed E-state index contributed by atoms with van der Waals surface area (Å²) in [4.78, 5) is 14.0. The van der Waals surface area contributed by atoms with E-state index in [0.29, 0.717) is 24.3 Å². The number of esters is 1. The largest absolute Gasteiger partial charge is 0.462 e. The molecule has 0 saturated carbocycles. The van der Waals surface area contributed by atoms with Crippen molar-refractivity contribution in [3.8, 4) is 0 Å². The van der Waals surface area contributed by atoms with Crippen molar-refractivity contribution < 1.29 is 9.53 Å². The Morgan fingerprint density at radius 1 is 1.55 bits per heavy atom. The monoisotopic (exact) mass is 340 g/mol. The van der Waals surface area contributed by atoms with Crippen LogP contribution in [0.2, 0.25) is 0 Å². The Kier molecular flexibility index (Phi) is 5.05. The molecule has 0 aliphatic carbocycles. The number of hydrogen-bond donors (Lipinski definition) is 1. The third-order valence-corrected chi connectivity index (χ3v) is 4.38. The number of likely N-dealkylation sites (N-methyl/N-ethyl adjacent to an activating group) is 1. The SMILES string of the molecule is CCOC(=O)c1ccc(NC2CC(C)N(C)C2)c(Br)c1. The second-order valence-electron chi connectivity index (χ2n) is 5.28. The molecule has 1 fully saturated rings. The van der Waals surface area contributed by atoms with Crippen LogP contribution in [0.15, 0.2) is 22.7 Å². The summed E-state index contributed by atoms with van der Waals surface area (Å²) in [6, 6.07) is 6.58. The Bertz CT molecular complexity index is 483. The number of nitrogens with one attached hydrogen (secondary N) is 1. The quantitative estimate of drug-likeness (QED) is 0.855. The highest BCUT2D eigenvalue weighted by Crippen LogP contribution is 2.27. The van der Waals surface area contributed by atoms with Gasteiger partial charge in [0, 0.05) is 28.8 Å². The number of carbonyl (C=O) groups is 1. The van der Waals surface area contributed by atoms with E-state index in [0.717, 1.165) is 23.1 Å². The molecule has 0 amide bonds. The number of carbonyl (C=O) groups excluding carboxylic acids is 1. The van der Waals surface area contributed by atoms with Crippen LogP contribution in [0.1, 0.15) is 30.6 Å². The third-order valence-electron chi connectivity index (χ3n) is 3.73. The third kappa shape index (κ3) is 3.52. The van der Waals surface area contributed by atoms with Crippen LogP contribution >= 0.6 is 15.9 Å². The zero-order valence-corrected chi connectivity index (χ0v) is 13.7. The number of likely N-dealkylation sites (tertiary alicyclic amines) is 1. The smallest absolute Gasteiger partial charge is 0.338 e. The summed E-state index contributed by atoms with van der Waals surface area (Å²) in [7, 11) is 2.14. The lowest BCUT2D eigenvalue weighted by atomic mass is 10.1. The molecule has 1 N–H and O–H groups in total. The molecule has 2 rings (SSSR count). The first-order valence-electron chi connectivity index (χ1n) is 6.94. The Labute approximate surface area is 128 Å². The Morgan fingerprint density at radius 2 is 2.30 bits per heavy atom. The number of ether oxygens (including phenoxy) is 1. The van der Waals surface area contributed by atoms with Gasteiger partial charge in [-0.05, 0) is 61.4 Å². The number of hydrogen-bond acceptors (Lipinski definition) is 4. The van der Waals surface area contributed by atoms with Gasteiger partial charge in [0.2, 0.25) is 0 Å². The average Bonchev–Trinajstić information content (AvgIpc) is 2.71. The van der Waals surface area contributed by atoms with Crippen molar-refractivity contribution in [3.63, 3.8) is 0 Å².